The highest BCUT2D eigenvalue weighted by atomic mass is 16.3. The van der Waals surface area contributed by atoms with Gasteiger partial charge in [0.05, 0.1) is 17.1 Å². The fourth-order valence-electron chi connectivity index (χ4n) is 4.74. The summed E-state index contributed by atoms with van der Waals surface area (Å²) in [7, 11) is 0. The second-order valence-electron chi connectivity index (χ2n) is 8.16. The van der Waals surface area contributed by atoms with Crippen molar-refractivity contribution in [3.63, 3.8) is 0 Å². The first-order valence-electron chi connectivity index (χ1n) is 8.49. The van der Waals surface area contributed by atoms with E-state index >= 15 is 0 Å². The van der Waals surface area contributed by atoms with Crippen LogP contribution in [0.3, 0.4) is 0 Å². The third-order valence-electron chi connectivity index (χ3n) is 6.11. The molecule has 20 heavy (non-hydrogen) atoms. The normalized spacial score (nSPS) is 37.5. The molecule has 0 spiro atoms. The Bertz CT molecular complexity index is 373. The van der Waals surface area contributed by atoms with Gasteiger partial charge >= 0.3 is 0 Å². The van der Waals surface area contributed by atoms with E-state index in [0.29, 0.717) is 5.41 Å². The number of aliphatic hydroxyl groups is 1. The van der Waals surface area contributed by atoms with Gasteiger partial charge in [0, 0.05) is 0 Å². The average Bonchev–Trinajstić information content (AvgIpc) is 2.34. The first-order valence-corrected chi connectivity index (χ1v) is 8.49. The fraction of sp³-hybridized carbons (Fsp3) is 0.944. The molecule has 0 bridgehead atoms. The maximum absolute atomic E-state index is 11.4. The van der Waals surface area contributed by atoms with E-state index in [1.54, 1.807) is 0 Å². The molecule has 0 saturated heterocycles. The molecule has 2 heteroatoms. The maximum atomic E-state index is 11.4. The third kappa shape index (κ3) is 2.75. The van der Waals surface area contributed by atoms with Crippen LogP contribution in [0.1, 0.15) is 85.0 Å². The molecule has 0 amide bonds. The van der Waals surface area contributed by atoms with Crippen LogP contribution in [0.5, 0.6) is 0 Å². The van der Waals surface area contributed by atoms with Crippen LogP contribution in [0.25, 0.3) is 0 Å². The summed E-state index contributed by atoms with van der Waals surface area (Å²) in [5, 5.41) is 21.4. The predicted octanol–water partition coefficient (Wildman–Crippen LogP) is 4.82. The smallest absolute Gasteiger partial charge is 0.0862 e. The van der Waals surface area contributed by atoms with Crippen molar-refractivity contribution in [2.75, 3.05) is 0 Å². The van der Waals surface area contributed by atoms with E-state index in [9.17, 15) is 10.4 Å². The molecular weight excluding hydrogens is 246 g/mol. The molecular formula is C18H31NO. The van der Waals surface area contributed by atoms with E-state index in [0.717, 1.165) is 44.9 Å². The molecule has 114 valence electrons. The monoisotopic (exact) mass is 277 g/mol. The summed E-state index contributed by atoms with van der Waals surface area (Å²) in [6.45, 7) is 6.75. The largest absolute Gasteiger partial charge is 0.388 e. The Morgan fingerprint density at radius 2 is 1.50 bits per heavy atom. The zero-order chi connectivity index (χ0) is 14.9. The quantitative estimate of drug-likeness (QED) is 0.747. The minimum Gasteiger partial charge on any atom is -0.388 e. The molecule has 2 unspecified atom stereocenters. The molecule has 2 atom stereocenters. The van der Waals surface area contributed by atoms with Crippen LogP contribution < -0.4 is 0 Å². The van der Waals surface area contributed by atoms with E-state index in [1.165, 1.54) is 19.3 Å². The van der Waals surface area contributed by atoms with Crippen molar-refractivity contribution < 1.29 is 5.11 Å². The Kier molecular flexibility index (Phi) is 4.50. The standard InChI is InChI=1S/C18H31NO/c1-15-13-16(2,3)11-12-18(15,20)17(14-19)9-7-5-4-6-8-10-17/h15,20H,4-13H2,1-3H3. The predicted molar refractivity (Wildman–Crippen MR) is 82.1 cm³/mol. The molecule has 0 aromatic rings. The summed E-state index contributed by atoms with van der Waals surface area (Å²) in [5.74, 6) is 0.227. The molecule has 1 N–H and O–H groups in total. The Morgan fingerprint density at radius 1 is 0.950 bits per heavy atom. The molecule has 2 aliphatic rings. The Labute approximate surface area is 124 Å². The van der Waals surface area contributed by atoms with Crippen molar-refractivity contribution in [2.45, 2.75) is 90.6 Å². The van der Waals surface area contributed by atoms with E-state index in [1.807, 2.05) is 0 Å². The second kappa shape index (κ2) is 5.68. The van der Waals surface area contributed by atoms with E-state index in [-0.39, 0.29) is 5.92 Å². The van der Waals surface area contributed by atoms with Gasteiger partial charge in [-0.25, -0.2) is 0 Å². The molecule has 2 nitrogen and oxygen atoms in total. The van der Waals surface area contributed by atoms with Crippen LogP contribution in [0.2, 0.25) is 0 Å². The highest BCUT2D eigenvalue weighted by Gasteiger charge is 2.56. The first kappa shape index (κ1) is 15.8. The summed E-state index contributed by atoms with van der Waals surface area (Å²) >= 11 is 0. The molecule has 0 heterocycles. The van der Waals surface area contributed by atoms with Crippen LogP contribution in [-0.2, 0) is 0 Å². The average molecular weight is 277 g/mol. The highest BCUT2D eigenvalue weighted by Crippen LogP contribution is 2.55. The summed E-state index contributed by atoms with van der Waals surface area (Å²) in [5.41, 5.74) is -0.956. The van der Waals surface area contributed by atoms with Gasteiger partial charge in [0.1, 0.15) is 0 Å². The summed E-state index contributed by atoms with van der Waals surface area (Å²) in [4.78, 5) is 0. The molecule has 2 saturated carbocycles. The number of hydrogen-bond donors (Lipinski definition) is 1. The van der Waals surface area contributed by atoms with Gasteiger partial charge in [-0.1, -0.05) is 52.9 Å². The van der Waals surface area contributed by atoms with Crippen molar-refractivity contribution in [1.82, 2.24) is 0 Å². The van der Waals surface area contributed by atoms with Crippen molar-refractivity contribution >= 4 is 0 Å². The zero-order valence-electron chi connectivity index (χ0n) is 13.5. The first-order chi connectivity index (χ1) is 9.35. The number of nitrogens with zero attached hydrogens (tertiary/aromatic N) is 1. The molecule has 0 aromatic heterocycles. The number of nitriles is 1. The fourth-order valence-corrected chi connectivity index (χ4v) is 4.74. The maximum Gasteiger partial charge on any atom is 0.0862 e. The van der Waals surface area contributed by atoms with Gasteiger partial charge < -0.3 is 5.11 Å². The van der Waals surface area contributed by atoms with Crippen LogP contribution in [-0.4, -0.2) is 10.7 Å². The van der Waals surface area contributed by atoms with Gasteiger partial charge in [-0.05, 0) is 43.4 Å². The van der Waals surface area contributed by atoms with Gasteiger partial charge in [0.2, 0.25) is 0 Å². The van der Waals surface area contributed by atoms with Gasteiger partial charge in [-0.3, -0.25) is 0 Å². The van der Waals surface area contributed by atoms with E-state index in [2.05, 4.69) is 26.8 Å². The molecule has 2 rings (SSSR count). The van der Waals surface area contributed by atoms with Crippen molar-refractivity contribution in [3.05, 3.63) is 0 Å². The second-order valence-corrected chi connectivity index (χ2v) is 8.16. The third-order valence-corrected chi connectivity index (χ3v) is 6.11. The van der Waals surface area contributed by atoms with Gasteiger partial charge in [-0.15, -0.1) is 0 Å². The lowest BCUT2D eigenvalue weighted by Crippen LogP contribution is -2.56. The summed E-state index contributed by atoms with van der Waals surface area (Å²) in [6.07, 6.45) is 10.6. The minimum atomic E-state index is -0.769. The van der Waals surface area contributed by atoms with Crippen molar-refractivity contribution in [2.24, 2.45) is 16.7 Å². The SMILES string of the molecule is CC1CC(C)(C)CCC1(O)C1(C#N)CCCCCCC1. The Morgan fingerprint density at radius 3 is 2.00 bits per heavy atom. The lowest BCUT2D eigenvalue weighted by Gasteiger charge is -2.53. The van der Waals surface area contributed by atoms with Gasteiger partial charge in [0.25, 0.3) is 0 Å². The topological polar surface area (TPSA) is 44.0 Å². The van der Waals surface area contributed by atoms with Crippen molar-refractivity contribution in [1.29, 1.82) is 5.26 Å². The number of rotatable bonds is 1. The molecule has 0 aromatic carbocycles. The highest BCUT2D eigenvalue weighted by molar-refractivity contribution is 5.15. The van der Waals surface area contributed by atoms with Crippen LogP contribution in [0, 0.1) is 28.1 Å². The molecule has 0 aliphatic heterocycles. The molecule has 2 fully saturated rings. The van der Waals surface area contributed by atoms with Gasteiger partial charge in [-0.2, -0.15) is 5.26 Å². The molecule has 0 radical (unpaired) electrons. The Hall–Kier alpha value is -0.550. The van der Waals surface area contributed by atoms with Crippen LogP contribution >= 0.6 is 0 Å². The summed E-state index contributed by atoms with van der Waals surface area (Å²) in [6, 6.07) is 2.60. The number of hydrogen-bond acceptors (Lipinski definition) is 2. The lowest BCUT2D eigenvalue weighted by molar-refractivity contribution is -0.146. The Balaban J connectivity index is 2.26. The van der Waals surface area contributed by atoms with Crippen LogP contribution in [0.15, 0.2) is 0 Å². The van der Waals surface area contributed by atoms with Crippen LogP contribution in [0.4, 0.5) is 0 Å². The zero-order valence-corrected chi connectivity index (χ0v) is 13.5. The lowest BCUT2D eigenvalue weighted by atomic mass is 9.53. The van der Waals surface area contributed by atoms with Gasteiger partial charge in [0.15, 0.2) is 0 Å². The molecule has 2 aliphatic carbocycles. The van der Waals surface area contributed by atoms with E-state index < -0.39 is 11.0 Å². The summed E-state index contributed by atoms with van der Waals surface area (Å²) < 4.78 is 0. The minimum absolute atomic E-state index is 0.227. The van der Waals surface area contributed by atoms with E-state index in [4.69, 9.17) is 0 Å². The van der Waals surface area contributed by atoms with Crippen molar-refractivity contribution in [3.8, 4) is 6.07 Å².